The molecule has 0 bridgehead atoms. The fourth-order valence-corrected chi connectivity index (χ4v) is 2.26. The molecule has 1 aromatic rings. The third kappa shape index (κ3) is 4.29. The molecule has 0 saturated heterocycles. The normalized spacial score (nSPS) is 21.6. The molecule has 2 atom stereocenters. The number of hydrogen-bond donors (Lipinski definition) is 3. The lowest BCUT2D eigenvalue weighted by Crippen LogP contribution is -2.20. The van der Waals surface area contributed by atoms with E-state index < -0.39 is 34.5 Å². The molecule has 1 aliphatic rings. The predicted octanol–water partition coefficient (Wildman–Crippen LogP) is 4.53. The number of halogens is 4. The minimum absolute atomic E-state index is 0.00634. The monoisotopic (exact) mass is 324 g/mol. The van der Waals surface area contributed by atoms with Crippen LogP contribution in [0.5, 0.6) is 0 Å². The molecule has 0 saturated carbocycles. The minimum atomic E-state index is -0.743. The predicted molar refractivity (Wildman–Crippen MR) is 76.3 cm³/mol. The number of thiol groups is 2. The Morgan fingerprint density at radius 3 is 2.30 bits per heavy atom. The average Bonchev–Trinajstić information content (AvgIpc) is 2.38. The lowest BCUT2D eigenvalue weighted by molar-refractivity contribution is 0.447. The third-order valence-electron chi connectivity index (χ3n) is 2.83. The van der Waals surface area contributed by atoms with Crippen molar-refractivity contribution in [3.63, 3.8) is 0 Å². The van der Waals surface area contributed by atoms with Crippen molar-refractivity contribution in [2.45, 2.75) is 11.7 Å². The molecule has 1 N–H and O–H groups in total. The first-order valence-corrected chi connectivity index (χ1v) is 6.45. The molecule has 0 radical (unpaired) electrons. The van der Waals surface area contributed by atoms with Crippen LogP contribution in [0.3, 0.4) is 0 Å². The SMILES string of the molecule is FC1=CC(S)C(Cc2ccc(F)cc2F)C(F)=C1.OS. The van der Waals surface area contributed by atoms with E-state index >= 15 is 0 Å². The van der Waals surface area contributed by atoms with Crippen LogP contribution in [-0.4, -0.2) is 9.80 Å². The van der Waals surface area contributed by atoms with E-state index in [2.05, 4.69) is 25.5 Å². The molecule has 1 aliphatic carbocycles. The van der Waals surface area contributed by atoms with Gasteiger partial charge in [0.1, 0.15) is 23.3 Å². The minimum Gasteiger partial charge on any atom is -0.333 e. The Morgan fingerprint density at radius 1 is 1.10 bits per heavy atom. The van der Waals surface area contributed by atoms with Crippen LogP contribution < -0.4 is 0 Å². The van der Waals surface area contributed by atoms with Gasteiger partial charge in [-0.15, -0.1) is 0 Å². The van der Waals surface area contributed by atoms with Gasteiger partial charge in [0.2, 0.25) is 0 Å². The van der Waals surface area contributed by atoms with Gasteiger partial charge in [0.15, 0.2) is 0 Å². The fourth-order valence-electron chi connectivity index (χ4n) is 1.87. The zero-order chi connectivity index (χ0) is 15.3. The summed E-state index contributed by atoms with van der Waals surface area (Å²) in [4.78, 5) is 0. The summed E-state index contributed by atoms with van der Waals surface area (Å²) < 4.78 is 59.3. The highest BCUT2D eigenvalue weighted by atomic mass is 32.1. The fraction of sp³-hybridized carbons (Fsp3) is 0.231. The molecule has 1 aromatic carbocycles. The summed E-state index contributed by atoms with van der Waals surface area (Å²) in [5.74, 6) is -3.54. The second-order valence-corrected chi connectivity index (χ2v) is 4.71. The zero-order valence-corrected chi connectivity index (χ0v) is 11.9. The Hall–Kier alpha value is -0.920. The Labute approximate surface area is 125 Å². The van der Waals surface area contributed by atoms with Gasteiger partial charge < -0.3 is 4.55 Å². The van der Waals surface area contributed by atoms with Gasteiger partial charge in [-0.05, 0) is 37.0 Å². The van der Waals surface area contributed by atoms with E-state index in [4.69, 9.17) is 4.55 Å². The summed E-state index contributed by atoms with van der Waals surface area (Å²) in [6.45, 7) is 0. The zero-order valence-electron chi connectivity index (χ0n) is 10.1. The molecular weight excluding hydrogens is 312 g/mol. The molecule has 1 nitrogen and oxygen atoms in total. The standard InChI is InChI=1S/C13H10F4S.H2OS/c14-8-2-1-7(11(16)4-8)3-10-12(17)5-9(15)6-13(10)18;1-2/h1-2,4-6,10,13,18H,3H2;1-2H. The highest BCUT2D eigenvalue weighted by molar-refractivity contribution is 7.81. The van der Waals surface area contributed by atoms with Crippen LogP contribution in [0.2, 0.25) is 0 Å². The van der Waals surface area contributed by atoms with Crippen molar-refractivity contribution in [3.05, 3.63) is 59.2 Å². The largest absolute Gasteiger partial charge is 0.333 e. The second kappa shape index (κ2) is 7.75. The molecule has 7 heteroatoms. The van der Waals surface area contributed by atoms with E-state index in [1.54, 1.807) is 0 Å². The Bertz CT molecular complexity index is 531. The van der Waals surface area contributed by atoms with Crippen LogP contribution in [0.1, 0.15) is 5.56 Å². The van der Waals surface area contributed by atoms with Gasteiger partial charge >= 0.3 is 0 Å². The quantitative estimate of drug-likeness (QED) is 0.415. The van der Waals surface area contributed by atoms with Crippen molar-refractivity contribution >= 4 is 25.5 Å². The second-order valence-electron chi connectivity index (χ2n) is 4.12. The maximum Gasteiger partial charge on any atom is 0.129 e. The van der Waals surface area contributed by atoms with E-state index in [1.807, 2.05) is 0 Å². The maximum atomic E-state index is 13.6. The van der Waals surface area contributed by atoms with Gasteiger partial charge in [-0.3, -0.25) is 0 Å². The highest BCUT2D eigenvalue weighted by Crippen LogP contribution is 2.32. The van der Waals surface area contributed by atoms with E-state index in [9.17, 15) is 17.6 Å². The van der Waals surface area contributed by atoms with Crippen molar-refractivity contribution in [2.75, 3.05) is 0 Å². The van der Waals surface area contributed by atoms with E-state index in [-0.39, 0.29) is 12.0 Å². The first kappa shape index (κ1) is 17.1. The molecule has 0 amide bonds. The maximum absolute atomic E-state index is 13.6. The van der Waals surface area contributed by atoms with Crippen molar-refractivity contribution in [1.29, 1.82) is 0 Å². The number of hydrogen-bond acceptors (Lipinski definition) is 3. The third-order valence-corrected chi connectivity index (χ3v) is 3.34. The Balaban J connectivity index is 0.000000956. The van der Waals surface area contributed by atoms with Crippen molar-refractivity contribution in [3.8, 4) is 0 Å². The highest BCUT2D eigenvalue weighted by Gasteiger charge is 2.27. The summed E-state index contributed by atoms with van der Waals surface area (Å²) in [7, 11) is 0. The van der Waals surface area contributed by atoms with Crippen LogP contribution in [0.4, 0.5) is 17.6 Å². The summed E-state index contributed by atoms with van der Waals surface area (Å²) >= 11 is 6.59. The first-order valence-electron chi connectivity index (χ1n) is 5.54. The van der Waals surface area contributed by atoms with Crippen LogP contribution in [-0.2, 0) is 6.42 Å². The molecule has 0 aliphatic heterocycles. The first-order chi connectivity index (χ1) is 9.47. The van der Waals surface area contributed by atoms with Crippen molar-refractivity contribution in [2.24, 2.45) is 5.92 Å². The molecule has 2 rings (SSSR count). The van der Waals surface area contributed by atoms with Crippen LogP contribution in [0.15, 0.2) is 42.0 Å². The summed E-state index contributed by atoms with van der Waals surface area (Å²) in [6, 6.07) is 3.10. The number of allylic oxidation sites excluding steroid dienone is 3. The van der Waals surface area contributed by atoms with Gasteiger partial charge in [-0.1, -0.05) is 6.07 Å². The Morgan fingerprint density at radius 2 is 1.75 bits per heavy atom. The van der Waals surface area contributed by atoms with E-state index in [0.29, 0.717) is 0 Å². The Kier molecular flexibility index (Phi) is 6.64. The van der Waals surface area contributed by atoms with Crippen LogP contribution >= 0.6 is 25.5 Å². The van der Waals surface area contributed by atoms with Gasteiger partial charge in [-0.25, -0.2) is 17.6 Å². The van der Waals surface area contributed by atoms with Crippen molar-refractivity contribution < 1.29 is 22.1 Å². The molecule has 110 valence electrons. The van der Waals surface area contributed by atoms with Gasteiger partial charge in [0.25, 0.3) is 0 Å². The smallest absolute Gasteiger partial charge is 0.129 e. The van der Waals surface area contributed by atoms with Crippen molar-refractivity contribution in [1.82, 2.24) is 0 Å². The van der Waals surface area contributed by atoms with Gasteiger partial charge in [0, 0.05) is 23.3 Å². The van der Waals surface area contributed by atoms with Gasteiger partial charge in [-0.2, -0.15) is 12.6 Å². The molecule has 0 heterocycles. The molecule has 0 aromatic heterocycles. The van der Waals surface area contributed by atoms with Crippen LogP contribution in [0.25, 0.3) is 0 Å². The topological polar surface area (TPSA) is 20.2 Å². The summed E-state index contributed by atoms with van der Waals surface area (Å²) in [5.41, 5.74) is 0.180. The molecule has 20 heavy (non-hydrogen) atoms. The van der Waals surface area contributed by atoms with Crippen LogP contribution in [0, 0.1) is 17.6 Å². The molecule has 0 fully saturated rings. The lowest BCUT2D eigenvalue weighted by atomic mass is 9.91. The number of rotatable bonds is 2. The summed E-state index contributed by atoms with van der Waals surface area (Å²) in [5, 5.41) is -0.667. The van der Waals surface area contributed by atoms with Gasteiger partial charge in [0.05, 0.1) is 0 Å². The average molecular weight is 324 g/mol. The van der Waals surface area contributed by atoms with E-state index in [1.165, 1.54) is 6.07 Å². The summed E-state index contributed by atoms with van der Waals surface area (Å²) in [6.07, 6.45) is 1.93. The van der Waals surface area contributed by atoms with E-state index in [0.717, 1.165) is 24.3 Å². The molecule has 2 unspecified atom stereocenters. The molecule has 0 spiro atoms. The lowest BCUT2D eigenvalue weighted by Gasteiger charge is -2.22. The number of benzene rings is 1. The molecular formula is C13H12F4OS2.